The Morgan fingerprint density at radius 2 is 1.95 bits per heavy atom. The lowest BCUT2D eigenvalue weighted by Gasteiger charge is -2.16. The lowest BCUT2D eigenvalue weighted by molar-refractivity contribution is 0.112. The summed E-state index contributed by atoms with van der Waals surface area (Å²) in [4.78, 5) is 23.0. The summed E-state index contributed by atoms with van der Waals surface area (Å²) < 4.78 is 1.35. The second-order valence-corrected chi connectivity index (χ2v) is 5.41. The molecular weight excluding hydrogens is 264 g/mol. The second-order valence-electron chi connectivity index (χ2n) is 5.41. The predicted octanol–water partition coefficient (Wildman–Crippen LogP) is 2.62. The maximum absolute atomic E-state index is 11.9. The first-order chi connectivity index (χ1) is 10.2. The average Bonchev–Trinajstić information content (AvgIpc) is 2.54. The Morgan fingerprint density at radius 1 is 1.19 bits per heavy atom. The summed E-state index contributed by atoms with van der Waals surface area (Å²) in [6.45, 7) is 2.30. The lowest BCUT2D eigenvalue weighted by Crippen LogP contribution is -2.25. The Bertz CT molecular complexity index is 747. The molecule has 4 heteroatoms. The molecule has 0 saturated heterocycles. The summed E-state index contributed by atoms with van der Waals surface area (Å²) in [5.41, 5.74) is 4.27. The van der Waals surface area contributed by atoms with Gasteiger partial charge in [-0.15, -0.1) is 0 Å². The molecule has 1 heterocycles. The summed E-state index contributed by atoms with van der Waals surface area (Å²) >= 11 is 0. The van der Waals surface area contributed by atoms with Gasteiger partial charge in [0.1, 0.15) is 0 Å². The Morgan fingerprint density at radius 3 is 2.67 bits per heavy atom. The third-order valence-electron chi connectivity index (χ3n) is 4.07. The van der Waals surface area contributed by atoms with E-state index in [4.69, 9.17) is 0 Å². The van der Waals surface area contributed by atoms with Crippen molar-refractivity contribution in [2.24, 2.45) is 0 Å². The number of fused-ring (bicyclic) bond motifs is 1. The summed E-state index contributed by atoms with van der Waals surface area (Å²) in [5.74, 6) is 0. The molecule has 3 rings (SSSR count). The highest BCUT2D eigenvalue weighted by Crippen LogP contribution is 2.26. The van der Waals surface area contributed by atoms with Gasteiger partial charge in [0.05, 0.1) is 11.3 Å². The normalized spacial score (nSPS) is 13.8. The zero-order valence-electron chi connectivity index (χ0n) is 12.1. The molecule has 0 radical (unpaired) electrons. The standard InChI is InChI=1S/C17H18N2O2/c1-2-19-17(21)15(11-20)10-16(18-19)14-8-7-12-5-3-4-6-13(12)9-14/h7-11H,2-6H2,1H3. The molecular formula is C17H18N2O2. The number of carbonyl (C=O) groups excluding carboxylic acids is 1. The Hall–Kier alpha value is -2.23. The van der Waals surface area contributed by atoms with Gasteiger partial charge in [0.25, 0.3) is 5.56 Å². The van der Waals surface area contributed by atoms with Crippen LogP contribution in [0.5, 0.6) is 0 Å². The van der Waals surface area contributed by atoms with Crippen LogP contribution in [-0.4, -0.2) is 16.1 Å². The summed E-state index contributed by atoms with van der Waals surface area (Å²) in [6.07, 6.45) is 5.31. The molecule has 108 valence electrons. The van der Waals surface area contributed by atoms with Crippen LogP contribution in [0.15, 0.2) is 29.1 Å². The van der Waals surface area contributed by atoms with E-state index >= 15 is 0 Å². The van der Waals surface area contributed by atoms with Crippen molar-refractivity contribution in [1.82, 2.24) is 9.78 Å². The summed E-state index contributed by atoms with van der Waals surface area (Å²) in [7, 11) is 0. The molecule has 4 nitrogen and oxygen atoms in total. The zero-order valence-corrected chi connectivity index (χ0v) is 12.1. The van der Waals surface area contributed by atoms with E-state index in [1.807, 2.05) is 13.0 Å². The van der Waals surface area contributed by atoms with E-state index in [9.17, 15) is 9.59 Å². The molecule has 2 aromatic rings. The fourth-order valence-corrected chi connectivity index (χ4v) is 2.89. The van der Waals surface area contributed by atoms with Crippen molar-refractivity contribution in [2.75, 3.05) is 0 Å². The summed E-state index contributed by atoms with van der Waals surface area (Å²) in [5, 5.41) is 4.36. The van der Waals surface area contributed by atoms with Crippen LogP contribution in [0.25, 0.3) is 11.3 Å². The Labute approximate surface area is 123 Å². The minimum atomic E-state index is -0.325. The van der Waals surface area contributed by atoms with E-state index in [0.717, 1.165) is 18.4 Å². The van der Waals surface area contributed by atoms with Gasteiger partial charge in [-0.25, -0.2) is 4.68 Å². The molecule has 0 bridgehead atoms. The van der Waals surface area contributed by atoms with Gasteiger partial charge in [-0.3, -0.25) is 9.59 Å². The van der Waals surface area contributed by atoms with E-state index in [0.29, 0.717) is 18.5 Å². The first-order valence-electron chi connectivity index (χ1n) is 7.42. The number of aldehydes is 1. The molecule has 1 aromatic heterocycles. The minimum Gasteiger partial charge on any atom is -0.298 e. The van der Waals surface area contributed by atoms with Crippen molar-refractivity contribution in [3.05, 3.63) is 51.3 Å². The van der Waals surface area contributed by atoms with Crippen LogP contribution in [0.4, 0.5) is 0 Å². The van der Waals surface area contributed by atoms with Crippen molar-refractivity contribution in [3.8, 4) is 11.3 Å². The highest BCUT2D eigenvalue weighted by Gasteiger charge is 2.13. The quantitative estimate of drug-likeness (QED) is 0.813. The highest BCUT2D eigenvalue weighted by atomic mass is 16.1. The zero-order chi connectivity index (χ0) is 14.8. The SMILES string of the molecule is CCn1nc(-c2ccc3c(c2)CCCC3)cc(C=O)c1=O. The van der Waals surface area contributed by atoms with Gasteiger partial charge in [0, 0.05) is 12.1 Å². The number of hydrogen-bond acceptors (Lipinski definition) is 3. The van der Waals surface area contributed by atoms with Crippen LogP contribution in [0.3, 0.4) is 0 Å². The Kier molecular flexibility index (Phi) is 3.69. The second kappa shape index (κ2) is 5.64. The lowest BCUT2D eigenvalue weighted by atomic mass is 9.90. The van der Waals surface area contributed by atoms with Gasteiger partial charge in [-0.2, -0.15) is 5.10 Å². The van der Waals surface area contributed by atoms with Crippen LogP contribution in [0, 0.1) is 0 Å². The molecule has 1 aromatic carbocycles. The van der Waals surface area contributed by atoms with Gasteiger partial charge in [0.2, 0.25) is 0 Å². The monoisotopic (exact) mass is 282 g/mol. The number of rotatable bonds is 3. The van der Waals surface area contributed by atoms with E-state index < -0.39 is 0 Å². The van der Waals surface area contributed by atoms with Crippen LogP contribution in [0.2, 0.25) is 0 Å². The first kappa shape index (κ1) is 13.7. The predicted molar refractivity (Wildman–Crippen MR) is 81.6 cm³/mol. The maximum atomic E-state index is 11.9. The fraction of sp³-hybridized carbons (Fsp3) is 0.353. The average molecular weight is 282 g/mol. The molecule has 0 atom stereocenters. The van der Waals surface area contributed by atoms with Crippen LogP contribution in [0.1, 0.15) is 41.3 Å². The smallest absolute Gasteiger partial charge is 0.277 e. The molecule has 0 amide bonds. The number of hydrogen-bond donors (Lipinski definition) is 0. The van der Waals surface area contributed by atoms with E-state index in [1.54, 1.807) is 6.07 Å². The van der Waals surface area contributed by atoms with E-state index in [-0.39, 0.29) is 11.1 Å². The van der Waals surface area contributed by atoms with Crippen molar-refractivity contribution >= 4 is 6.29 Å². The van der Waals surface area contributed by atoms with Gasteiger partial charge in [-0.05, 0) is 55.9 Å². The van der Waals surface area contributed by atoms with Crippen molar-refractivity contribution in [2.45, 2.75) is 39.2 Å². The third kappa shape index (κ3) is 2.53. The number of carbonyl (C=O) groups is 1. The van der Waals surface area contributed by atoms with Crippen molar-refractivity contribution < 1.29 is 4.79 Å². The van der Waals surface area contributed by atoms with Crippen molar-refractivity contribution in [1.29, 1.82) is 0 Å². The van der Waals surface area contributed by atoms with Gasteiger partial charge >= 0.3 is 0 Å². The van der Waals surface area contributed by atoms with E-state index in [2.05, 4.69) is 17.2 Å². The largest absolute Gasteiger partial charge is 0.298 e. The molecule has 1 aliphatic carbocycles. The molecule has 0 saturated carbocycles. The van der Waals surface area contributed by atoms with Gasteiger partial charge in [-0.1, -0.05) is 12.1 Å². The number of aromatic nitrogens is 2. The summed E-state index contributed by atoms with van der Waals surface area (Å²) in [6, 6.07) is 7.92. The molecule has 0 N–H and O–H groups in total. The Balaban J connectivity index is 2.12. The third-order valence-corrected chi connectivity index (χ3v) is 4.07. The minimum absolute atomic E-state index is 0.166. The number of aryl methyl sites for hydroxylation is 3. The molecule has 0 fully saturated rings. The molecule has 0 unspecified atom stereocenters. The fourth-order valence-electron chi connectivity index (χ4n) is 2.89. The maximum Gasteiger partial charge on any atom is 0.277 e. The molecule has 21 heavy (non-hydrogen) atoms. The number of benzene rings is 1. The molecule has 1 aliphatic rings. The first-order valence-corrected chi connectivity index (χ1v) is 7.42. The highest BCUT2D eigenvalue weighted by molar-refractivity contribution is 5.77. The van der Waals surface area contributed by atoms with Gasteiger partial charge in [0.15, 0.2) is 6.29 Å². The number of nitrogens with zero attached hydrogens (tertiary/aromatic N) is 2. The van der Waals surface area contributed by atoms with E-state index in [1.165, 1.54) is 28.7 Å². The van der Waals surface area contributed by atoms with Crippen LogP contribution in [-0.2, 0) is 19.4 Å². The van der Waals surface area contributed by atoms with Crippen molar-refractivity contribution in [3.63, 3.8) is 0 Å². The van der Waals surface area contributed by atoms with Crippen LogP contribution < -0.4 is 5.56 Å². The molecule has 0 aliphatic heterocycles. The van der Waals surface area contributed by atoms with Crippen LogP contribution >= 0.6 is 0 Å². The molecule has 0 spiro atoms. The topological polar surface area (TPSA) is 52.0 Å². The van der Waals surface area contributed by atoms with Gasteiger partial charge < -0.3 is 0 Å².